The Hall–Kier alpha value is -1.55. The maximum Gasteiger partial charge on any atom is 0.242 e. The Balaban J connectivity index is 2.06. The van der Waals surface area contributed by atoms with E-state index in [2.05, 4.69) is 0 Å². The quantitative estimate of drug-likeness (QED) is 0.882. The first-order valence-corrected chi connectivity index (χ1v) is 6.82. The smallest absolute Gasteiger partial charge is 0.242 e. The molecule has 1 aromatic rings. The van der Waals surface area contributed by atoms with E-state index < -0.39 is 5.54 Å². The number of amides is 1. The molecule has 0 atom stereocenters. The molecule has 0 heterocycles. The number of para-hydroxylation sites is 1. The normalized spacial score (nSPS) is 16.6. The second kappa shape index (κ2) is 5.61. The minimum absolute atomic E-state index is 0.0325. The molecule has 0 saturated heterocycles. The van der Waals surface area contributed by atoms with Crippen molar-refractivity contribution in [2.45, 2.75) is 38.3 Å². The van der Waals surface area contributed by atoms with E-state index in [0.29, 0.717) is 13.2 Å². The number of nitrogens with two attached hydrogens (primary N) is 1. The van der Waals surface area contributed by atoms with Crippen LogP contribution in [0.25, 0.3) is 0 Å². The molecule has 19 heavy (non-hydrogen) atoms. The van der Waals surface area contributed by atoms with Crippen molar-refractivity contribution in [3.8, 4) is 5.75 Å². The number of hydrogen-bond acceptors (Lipinski definition) is 3. The molecular formula is C15H22N2O2. The monoisotopic (exact) mass is 262 g/mol. The highest BCUT2D eigenvalue weighted by Crippen LogP contribution is 2.31. The van der Waals surface area contributed by atoms with Gasteiger partial charge in [-0.3, -0.25) is 4.79 Å². The van der Waals surface area contributed by atoms with Crippen molar-refractivity contribution in [1.29, 1.82) is 0 Å². The molecule has 1 amide bonds. The Labute approximate surface area is 114 Å². The van der Waals surface area contributed by atoms with Crippen LogP contribution in [0.1, 0.15) is 31.7 Å². The Morgan fingerprint density at radius 3 is 2.68 bits per heavy atom. The van der Waals surface area contributed by atoms with Gasteiger partial charge in [-0.25, -0.2) is 0 Å². The molecule has 1 aliphatic carbocycles. The zero-order chi connectivity index (χ0) is 13.9. The number of nitrogens with zero attached hydrogens (tertiary/aromatic N) is 1. The van der Waals surface area contributed by atoms with Crippen LogP contribution in [0.4, 0.5) is 0 Å². The largest absolute Gasteiger partial charge is 0.494 e. The van der Waals surface area contributed by atoms with Crippen LogP contribution in [0.5, 0.6) is 5.75 Å². The van der Waals surface area contributed by atoms with Crippen molar-refractivity contribution in [3.63, 3.8) is 0 Å². The Morgan fingerprint density at radius 1 is 1.42 bits per heavy atom. The Kier molecular flexibility index (Phi) is 4.10. The van der Waals surface area contributed by atoms with Crippen LogP contribution in [0, 0.1) is 0 Å². The van der Waals surface area contributed by atoms with E-state index in [9.17, 15) is 4.79 Å². The van der Waals surface area contributed by atoms with Crippen LogP contribution < -0.4 is 10.5 Å². The summed E-state index contributed by atoms with van der Waals surface area (Å²) in [4.78, 5) is 14.0. The van der Waals surface area contributed by atoms with E-state index >= 15 is 0 Å². The average molecular weight is 262 g/mol. The van der Waals surface area contributed by atoms with E-state index in [0.717, 1.165) is 30.6 Å². The summed E-state index contributed by atoms with van der Waals surface area (Å²) in [6.45, 7) is 3.11. The molecule has 104 valence electrons. The van der Waals surface area contributed by atoms with Gasteiger partial charge in [0, 0.05) is 19.2 Å². The second-order valence-corrected chi connectivity index (χ2v) is 5.21. The van der Waals surface area contributed by atoms with Crippen LogP contribution >= 0.6 is 0 Å². The van der Waals surface area contributed by atoms with Gasteiger partial charge < -0.3 is 15.4 Å². The molecule has 2 rings (SSSR count). The molecule has 0 bridgehead atoms. The number of benzene rings is 1. The highest BCUT2D eigenvalue weighted by Gasteiger charge is 2.41. The van der Waals surface area contributed by atoms with Gasteiger partial charge >= 0.3 is 0 Å². The van der Waals surface area contributed by atoms with E-state index in [1.165, 1.54) is 0 Å². The van der Waals surface area contributed by atoms with Crippen LogP contribution in [-0.2, 0) is 11.3 Å². The molecule has 2 N–H and O–H groups in total. The molecule has 4 heteroatoms. The summed E-state index contributed by atoms with van der Waals surface area (Å²) in [5.41, 5.74) is 6.46. The lowest BCUT2D eigenvalue weighted by atomic mass is 9.76. The minimum atomic E-state index is -0.630. The Morgan fingerprint density at radius 2 is 2.11 bits per heavy atom. The number of ether oxygens (including phenoxy) is 1. The van der Waals surface area contributed by atoms with Crippen LogP contribution in [0.3, 0.4) is 0 Å². The predicted octanol–water partition coefficient (Wildman–Crippen LogP) is 1.93. The van der Waals surface area contributed by atoms with Crippen molar-refractivity contribution in [3.05, 3.63) is 29.8 Å². The van der Waals surface area contributed by atoms with Crippen molar-refractivity contribution in [2.24, 2.45) is 5.73 Å². The number of carbonyl (C=O) groups excluding carboxylic acids is 1. The zero-order valence-electron chi connectivity index (χ0n) is 11.7. The minimum Gasteiger partial charge on any atom is -0.494 e. The van der Waals surface area contributed by atoms with Gasteiger partial charge in [-0.05, 0) is 32.3 Å². The fourth-order valence-electron chi connectivity index (χ4n) is 2.41. The lowest BCUT2D eigenvalue weighted by molar-refractivity contribution is -0.139. The second-order valence-electron chi connectivity index (χ2n) is 5.21. The molecule has 1 aliphatic rings. The summed E-state index contributed by atoms with van der Waals surface area (Å²) < 4.78 is 5.57. The van der Waals surface area contributed by atoms with Gasteiger partial charge in [-0.15, -0.1) is 0 Å². The van der Waals surface area contributed by atoms with Gasteiger partial charge in [0.1, 0.15) is 5.75 Å². The standard InChI is InChI=1S/C15H22N2O2/c1-3-19-13-8-5-4-7-12(13)11-17(2)14(18)15(16)9-6-10-15/h4-5,7-8H,3,6,9-11,16H2,1-2H3. The topological polar surface area (TPSA) is 55.6 Å². The van der Waals surface area contributed by atoms with Gasteiger partial charge in [0.15, 0.2) is 0 Å². The predicted molar refractivity (Wildman–Crippen MR) is 74.9 cm³/mol. The molecular weight excluding hydrogens is 240 g/mol. The third kappa shape index (κ3) is 2.89. The molecule has 0 aromatic heterocycles. The van der Waals surface area contributed by atoms with Gasteiger partial charge in [0.05, 0.1) is 12.1 Å². The summed E-state index contributed by atoms with van der Waals surface area (Å²) in [6, 6.07) is 7.81. The molecule has 0 unspecified atom stereocenters. The fraction of sp³-hybridized carbons (Fsp3) is 0.533. The van der Waals surface area contributed by atoms with Crippen molar-refractivity contribution < 1.29 is 9.53 Å². The molecule has 4 nitrogen and oxygen atoms in total. The van der Waals surface area contributed by atoms with E-state index in [-0.39, 0.29) is 5.91 Å². The number of likely N-dealkylation sites (N-methyl/N-ethyl adjacent to an activating group) is 1. The highest BCUT2D eigenvalue weighted by molar-refractivity contribution is 5.86. The zero-order valence-corrected chi connectivity index (χ0v) is 11.7. The first-order valence-electron chi connectivity index (χ1n) is 6.82. The summed E-state index contributed by atoms with van der Waals surface area (Å²) >= 11 is 0. The lowest BCUT2D eigenvalue weighted by Gasteiger charge is -2.39. The van der Waals surface area contributed by atoms with Gasteiger partial charge in [0.2, 0.25) is 5.91 Å². The molecule has 1 fully saturated rings. The maximum absolute atomic E-state index is 12.3. The Bertz CT molecular complexity index is 455. The molecule has 1 saturated carbocycles. The van der Waals surface area contributed by atoms with Crippen molar-refractivity contribution in [2.75, 3.05) is 13.7 Å². The van der Waals surface area contributed by atoms with E-state index in [1.807, 2.05) is 31.2 Å². The average Bonchev–Trinajstić information content (AvgIpc) is 2.37. The summed E-state index contributed by atoms with van der Waals surface area (Å²) in [6.07, 6.45) is 2.64. The summed E-state index contributed by atoms with van der Waals surface area (Å²) in [5.74, 6) is 0.870. The van der Waals surface area contributed by atoms with Crippen molar-refractivity contribution in [1.82, 2.24) is 4.90 Å². The number of carbonyl (C=O) groups is 1. The number of hydrogen-bond donors (Lipinski definition) is 1. The van der Waals surface area contributed by atoms with Crippen LogP contribution in [-0.4, -0.2) is 30.0 Å². The molecule has 0 spiro atoms. The lowest BCUT2D eigenvalue weighted by Crippen LogP contribution is -2.58. The SMILES string of the molecule is CCOc1ccccc1CN(C)C(=O)C1(N)CCC1. The highest BCUT2D eigenvalue weighted by atomic mass is 16.5. The third-order valence-corrected chi connectivity index (χ3v) is 3.70. The first kappa shape index (κ1) is 13.9. The third-order valence-electron chi connectivity index (χ3n) is 3.70. The first-order chi connectivity index (χ1) is 9.07. The van der Waals surface area contributed by atoms with Gasteiger partial charge in [-0.2, -0.15) is 0 Å². The van der Waals surface area contributed by atoms with Crippen LogP contribution in [0.2, 0.25) is 0 Å². The summed E-state index contributed by atoms with van der Waals surface area (Å²) in [5, 5.41) is 0. The molecule has 1 aromatic carbocycles. The maximum atomic E-state index is 12.3. The molecule has 0 radical (unpaired) electrons. The fourth-order valence-corrected chi connectivity index (χ4v) is 2.41. The molecule has 0 aliphatic heterocycles. The van der Waals surface area contributed by atoms with Gasteiger partial charge in [-0.1, -0.05) is 18.2 Å². The van der Waals surface area contributed by atoms with E-state index in [1.54, 1.807) is 11.9 Å². The van der Waals surface area contributed by atoms with Crippen molar-refractivity contribution >= 4 is 5.91 Å². The van der Waals surface area contributed by atoms with Gasteiger partial charge in [0.25, 0.3) is 0 Å². The number of rotatable bonds is 5. The summed E-state index contributed by atoms with van der Waals surface area (Å²) in [7, 11) is 1.80. The van der Waals surface area contributed by atoms with E-state index in [4.69, 9.17) is 10.5 Å². The van der Waals surface area contributed by atoms with Crippen LogP contribution in [0.15, 0.2) is 24.3 Å².